The Hall–Kier alpha value is -2.99. The number of benzene rings is 3. The summed E-state index contributed by atoms with van der Waals surface area (Å²) in [4.78, 5) is 0.170. The molecule has 0 bridgehead atoms. The smallest absolute Gasteiger partial charge is 0.262 e. The summed E-state index contributed by atoms with van der Waals surface area (Å²) in [5.41, 5.74) is 0.298. The average molecular weight is 355 g/mol. The van der Waals surface area contributed by atoms with E-state index in [-0.39, 0.29) is 4.90 Å². The standard InChI is InChI=1S/C19H17NO4S/c1-23-16-12-13-19(24-15-8-4-2-5-9-15)18(14-16)20-25(21,22)17-10-6-3-7-11-17/h2-14,20H,1H3. The van der Waals surface area contributed by atoms with Crippen molar-refractivity contribution in [2.24, 2.45) is 0 Å². The highest BCUT2D eigenvalue weighted by Gasteiger charge is 2.17. The summed E-state index contributed by atoms with van der Waals surface area (Å²) in [5.74, 6) is 1.51. The fourth-order valence-corrected chi connectivity index (χ4v) is 3.31. The monoisotopic (exact) mass is 355 g/mol. The first-order valence-corrected chi connectivity index (χ1v) is 9.05. The Morgan fingerprint density at radius 3 is 2.08 bits per heavy atom. The first kappa shape index (κ1) is 16.9. The maximum Gasteiger partial charge on any atom is 0.262 e. The van der Waals surface area contributed by atoms with Gasteiger partial charge < -0.3 is 9.47 Å². The quantitative estimate of drug-likeness (QED) is 0.716. The molecule has 0 saturated carbocycles. The molecule has 6 heteroatoms. The molecule has 3 aromatic rings. The van der Waals surface area contributed by atoms with Crippen LogP contribution in [0.2, 0.25) is 0 Å². The molecule has 0 heterocycles. The van der Waals surface area contributed by atoms with Gasteiger partial charge in [-0.25, -0.2) is 8.42 Å². The summed E-state index contributed by atoms with van der Waals surface area (Å²) in [6.07, 6.45) is 0. The number of ether oxygens (including phenoxy) is 2. The van der Waals surface area contributed by atoms with Crippen LogP contribution in [0.5, 0.6) is 17.2 Å². The van der Waals surface area contributed by atoms with Gasteiger partial charge in [0.25, 0.3) is 10.0 Å². The Labute approximate surface area is 146 Å². The topological polar surface area (TPSA) is 64.6 Å². The molecule has 5 nitrogen and oxygen atoms in total. The first-order chi connectivity index (χ1) is 12.1. The third kappa shape index (κ3) is 4.10. The maximum atomic E-state index is 12.6. The highest BCUT2D eigenvalue weighted by molar-refractivity contribution is 7.92. The van der Waals surface area contributed by atoms with E-state index in [0.29, 0.717) is 22.9 Å². The SMILES string of the molecule is COc1ccc(Oc2ccccc2)c(NS(=O)(=O)c2ccccc2)c1. The van der Waals surface area contributed by atoms with Crippen molar-refractivity contribution in [3.05, 3.63) is 78.9 Å². The number of hydrogen-bond donors (Lipinski definition) is 1. The second-order valence-electron chi connectivity index (χ2n) is 5.20. The normalized spacial score (nSPS) is 10.9. The fourth-order valence-electron chi connectivity index (χ4n) is 2.22. The molecule has 0 aliphatic heterocycles. The number of rotatable bonds is 6. The van der Waals surface area contributed by atoms with Gasteiger partial charge in [-0.15, -0.1) is 0 Å². The second-order valence-corrected chi connectivity index (χ2v) is 6.88. The van der Waals surface area contributed by atoms with E-state index >= 15 is 0 Å². The Balaban J connectivity index is 1.96. The zero-order valence-electron chi connectivity index (χ0n) is 13.5. The van der Waals surface area contributed by atoms with Gasteiger partial charge in [0.1, 0.15) is 11.5 Å². The van der Waals surface area contributed by atoms with Crippen LogP contribution < -0.4 is 14.2 Å². The molecule has 0 radical (unpaired) electrons. The zero-order valence-corrected chi connectivity index (χ0v) is 14.4. The van der Waals surface area contributed by atoms with E-state index in [1.54, 1.807) is 48.5 Å². The lowest BCUT2D eigenvalue weighted by Gasteiger charge is -2.14. The number of para-hydroxylation sites is 1. The molecule has 128 valence electrons. The minimum absolute atomic E-state index is 0.170. The van der Waals surface area contributed by atoms with Crippen molar-refractivity contribution < 1.29 is 17.9 Å². The first-order valence-electron chi connectivity index (χ1n) is 7.57. The van der Waals surface area contributed by atoms with Gasteiger partial charge in [0.05, 0.1) is 17.7 Å². The lowest BCUT2D eigenvalue weighted by atomic mass is 10.2. The molecule has 0 amide bonds. The van der Waals surface area contributed by atoms with Crippen LogP contribution in [0, 0.1) is 0 Å². The minimum Gasteiger partial charge on any atom is -0.497 e. The van der Waals surface area contributed by atoms with Crippen LogP contribution in [0.1, 0.15) is 0 Å². The highest BCUT2D eigenvalue weighted by atomic mass is 32.2. The van der Waals surface area contributed by atoms with E-state index in [2.05, 4.69) is 4.72 Å². The van der Waals surface area contributed by atoms with Gasteiger partial charge >= 0.3 is 0 Å². The summed E-state index contributed by atoms with van der Waals surface area (Å²) in [5, 5.41) is 0. The van der Waals surface area contributed by atoms with E-state index in [1.165, 1.54) is 19.2 Å². The van der Waals surface area contributed by atoms with Gasteiger partial charge in [-0.05, 0) is 36.4 Å². The summed E-state index contributed by atoms with van der Waals surface area (Å²) in [7, 11) is -2.22. The van der Waals surface area contributed by atoms with E-state index < -0.39 is 10.0 Å². The Kier molecular flexibility index (Phi) is 4.90. The molecule has 0 saturated heterocycles. The van der Waals surface area contributed by atoms with Gasteiger partial charge in [-0.2, -0.15) is 0 Å². The molecule has 1 N–H and O–H groups in total. The lowest BCUT2D eigenvalue weighted by Crippen LogP contribution is -2.13. The number of nitrogens with one attached hydrogen (secondary N) is 1. The van der Waals surface area contributed by atoms with Crippen LogP contribution in [0.3, 0.4) is 0 Å². The molecule has 25 heavy (non-hydrogen) atoms. The van der Waals surface area contributed by atoms with E-state index in [4.69, 9.17) is 9.47 Å². The minimum atomic E-state index is -3.74. The maximum absolute atomic E-state index is 12.6. The van der Waals surface area contributed by atoms with Crippen LogP contribution in [0.15, 0.2) is 83.8 Å². The molecular weight excluding hydrogens is 338 g/mol. The number of methoxy groups -OCH3 is 1. The Bertz CT molecular complexity index is 942. The number of anilines is 1. The molecular formula is C19H17NO4S. The third-order valence-electron chi connectivity index (χ3n) is 3.46. The van der Waals surface area contributed by atoms with Crippen molar-refractivity contribution in [2.45, 2.75) is 4.90 Å². The molecule has 0 unspecified atom stereocenters. The van der Waals surface area contributed by atoms with Gasteiger partial charge in [-0.1, -0.05) is 36.4 Å². The molecule has 0 spiro atoms. The van der Waals surface area contributed by atoms with Crippen LogP contribution in [-0.2, 0) is 10.0 Å². The molecule has 0 atom stereocenters. The van der Waals surface area contributed by atoms with E-state index in [9.17, 15) is 8.42 Å². The van der Waals surface area contributed by atoms with Crippen molar-refractivity contribution in [2.75, 3.05) is 11.8 Å². The van der Waals surface area contributed by atoms with Crippen molar-refractivity contribution in [1.29, 1.82) is 0 Å². The van der Waals surface area contributed by atoms with Gasteiger partial charge in [-0.3, -0.25) is 4.72 Å². The van der Waals surface area contributed by atoms with Crippen molar-refractivity contribution in [3.63, 3.8) is 0 Å². The fraction of sp³-hybridized carbons (Fsp3) is 0.0526. The average Bonchev–Trinajstić information content (AvgIpc) is 2.64. The summed E-state index contributed by atoms with van der Waals surface area (Å²) in [6.45, 7) is 0. The van der Waals surface area contributed by atoms with E-state index in [1.807, 2.05) is 18.2 Å². The largest absolute Gasteiger partial charge is 0.497 e. The second kappa shape index (κ2) is 7.27. The van der Waals surface area contributed by atoms with Crippen LogP contribution in [0.4, 0.5) is 5.69 Å². The Morgan fingerprint density at radius 1 is 0.800 bits per heavy atom. The third-order valence-corrected chi connectivity index (χ3v) is 4.84. The van der Waals surface area contributed by atoms with Crippen LogP contribution in [0.25, 0.3) is 0 Å². The summed E-state index contributed by atoms with van der Waals surface area (Å²) in [6, 6.07) is 22.2. The molecule has 0 aliphatic carbocycles. The summed E-state index contributed by atoms with van der Waals surface area (Å²) < 4.78 is 38.8. The number of sulfonamides is 1. The molecule has 3 aromatic carbocycles. The lowest BCUT2D eigenvalue weighted by molar-refractivity contribution is 0.413. The van der Waals surface area contributed by atoms with Gasteiger partial charge in [0.15, 0.2) is 5.75 Å². The predicted molar refractivity (Wildman–Crippen MR) is 96.8 cm³/mol. The van der Waals surface area contributed by atoms with E-state index in [0.717, 1.165) is 0 Å². The number of hydrogen-bond acceptors (Lipinski definition) is 4. The van der Waals surface area contributed by atoms with Crippen LogP contribution >= 0.6 is 0 Å². The van der Waals surface area contributed by atoms with Crippen molar-refractivity contribution >= 4 is 15.7 Å². The Morgan fingerprint density at radius 2 is 1.44 bits per heavy atom. The molecule has 0 aliphatic rings. The van der Waals surface area contributed by atoms with Crippen molar-refractivity contribution in [3.8, 4) is 17.2 Å². The predicted octanol–water partition coefficient (Wildman–Crippen LogP) is 4.29. The zero-order chi connectivity index (χ0) is 17.7. The van der Waals surface area contributed by atoms with Crippen molar-refractivity contribution in [1.82, 2.24) is 0 Å². The molecule has 0 fully saturated rings. The van der Waals surface area contributed by atoms with Crippen LogP contribution in [-0.4, -0.2) is 15.5 Å². The van der Waals surface area contributed by atoms with Gasteiger partial charge in [0.2, 0.25) is 0 Å². The molecule has 3 rings (SSSR count). The van der Waals surface area contributed by atoms with Gasteiger partial charge in [0, 0.05) is 6.07 Å². The summed E-state index contributed by atoms with van der Waals surface area (Å²) >= 11 is 0. The molecule has 0 aromatic heterocycles. The highest BCUT2D eigenvalue weighted by Crippen LogP contribution is 2.34.